The van der Waals surface area contributed by atoms with Crippen LogP contribution in [0.25, 0.3) is 0 Å². The Morgan fingerprint density at radius 3 is 2.22 bits per heavy atom. The Kier molecular flexibility index (Phi) is 6.44. The monoisotopic (exact) mass is 460 g/mol. The first-order valence-corrected chi connectivity index (χ1v) is 11.9. The zero-order valence-corrected chi connectivity index (χ0v) is 19.2. The minimum absolute atomic E-state index is 0.0461. The van der Waals surface area contributed by atoms with Crippen molar-refractivity contribution in [3.05, 3.63) is 34.3 Å². The quantitative estimate of drug-likeness (QED) is 0.454. The lowest BCUT2D eigenvalue weighted by Gasteiger charge is -2.41. The van der Waals surface area contributed by atoms with Gasteiger partial charge in [-0.25, -0.2) is 0 Å². The molecule has 0 aromatic heterocycles. The summed E-state index contributed by atoms with van der Waals surface area (Å²) < 4.78 is 11.5. The first-order chi connectivity index (χ1) is 15.2. The molecule has 172 valence electrons. The maximum atomic E-state index is 12.3. The van der Waals surface area contributed by atoms with E-state index in [1.54, 1.807) is 0 Å². The number of ketones is 2. The highest BCUT2D eigenvalue weighted by Crippen LogP contribution is 2.45. The fourth-order valence-corrected chi connectivity index (χ4v) is 6.06. The zero-order valence-electron chi connectivity index (χ0n) is 18.4. The second-order valence-electron chi connectivity index (χ2n) is 9.44. The molecule has 1 saturated carbocycles. The third kappa shape index (κ3) is 4.47. The molecule has 0 N–H and O–H groups in total. The Morgan fingerprint density at radius 1 is 0.969 bits per heavy atom. The van der Waals surface area contributed by atoms with E-state index in [0.717, 1.165) is 31.2 Å². The number of hydrogen-bond donors (Lipinski definition) is 0. The average Bonchev–Trinajstić information content (AvgIpc) is 3.26. The summed E-state index contributed by atoms with van der Waals surface area (Å²) in [6, 6.07) is 5.57. The zero-order chi connectivity index (χ0) is 22.9. The molecule has 0 bridgehead atoms. The van der Waals surface area contributed by atoms with Crippen molar-refractivity contribution in [3.8, 4) is 0 Å². The van der Waals surface area contributed by atoms with Gasteiger partial charge in [0.05, 0.1) is 6.42 Å². The van der Waals surface area contributed by atoms with Gasteiger partial charge in [-0.1, -0.05) is 43.5 Å². The first-order valence-electron chi connectivity index (χ1n) is 11.5. The molecule has 2 saturated heterocycles. The Bertz CT molecular complexity index is 914. The molecule has 2 heterocycles. The van der Waals surface area contributed by atoms with E-state index < -0.39 is 23.1 Å². The second-order valence-corrected chi connectivity index (χ2v) is 9.85. The smallest absolute Gasteiger partial charge is 0.314 e. The van der Waals surface area contributed by atoms with Crippen molar-refractivity contribution in [3.63, 3.8) is 0 Å². The number of ether oxygens (including phenoxy) is 2. The number of hydrogen-bond acceptors (Lipinski definition) is 6. The molecule has 2 atom stereocenters. The van der Waals surface area contributed by atoms with Gasteiger partial charge in [-0.3, -0.25) is 19.2 Å². The number of carbonyl (C=O) groups is 4. The van der Waals surface area contributed by atoms with Crippen molar-refractivity contribution in [2.24, 2.45) is 5.92 Å². The van der Waals surface area contributed by atoms with E-state index >= 15 is 0 Å². The highest BCUT2D eigenvalue weighted by Gasteiger charge is 2.48. The third-order valence-electron chi connectivity index (χ3n) is 7.32. The van der Waals surface area contributed by atoms with Gasteiger partial charge in [0.15, 0.2) is 0 Å². The minimum Gasteiger partial charge on any atom is -0.458 e. The highest BCUT2D eigenvalue weighted by atomic mass is 35.5. The van der Waals surface area contributed by atoms with Gasteiger partial charge in [-0.2, -0.15) is 0 Å². The van der Waals surface area contributed by atoms with Crippen molar-refractivity contribution < 1.29 is 28.7 Å². The van der Waals surface area contributed by atoms with E-state index in [9.17, 15) is 19.2 Å². The lowest BCUT2D eigenvalue weighted by atomic mass is 9.76. The molecule has 3 fully saturated rings. The normalized spacial score (nSPS) is 29.2. The molecule has 6 nitrogen and oxygen atoms in total. The van der Waals surface area contributed by atoms with Crippen molar-refractivity contribution in [2.75, 3.05) is 0 Å². The molecule has 32 heavy (non-hydrogen) atoms. The van der Waals surface area contributed by atoms with Crippen molar-refractivity contribution in [1.29, 1.82) is 0 Å². The summed E-state index contributed by atoms with van der Waals surface area (Å²) >= 11 is 6.61. The molecule has 3 aliphatic rings. The molecule has 2 aliphatic heterocycles. The van der Waals surface area contributed by atoms with Gasteiger partial charge in [-0.15, -0.1) is 0 Å². The van der Waals surface area contributed by atoms with E-state index in [1.807, 2.05) is 25.1 Å². The number of carbonyl (C=O) groups excluding carboxylic acids is 4. The number of rotatable bonds is 6. The number of halogens is 1. The van der Waals surface area contributed by atoms with Gasteiger partial charge in [-0.05, 0) is 49.7 Å². The van der Waals surface area contributed by atoms with Crippen LogP contribution >= 0.6 is 11.6 Å². The second kappa shape index (κ2) is 8.97. The van der Waals surface area contributed by atoms with E-state index in [1.165, 1.54) is 0 Å². The molecule has 4 rings (SSSR count). The van der Waals surface area contributed by atoms with Crippen LogP contribution in [0.15, 0.2) is 18.2 Å². The SMILES string of the molecule is CCC1(c2ccc(CCC3(C4CCCC4)CC(=O)CC(=O)O3)cc2Cl)CC(=O)CC(=O)O1. The molecule has 0 spiro atoms. The molecular formula is C25H29ClO6. The van der Waals surface area contributed by atoms with Crippen molar-refractivity contribution in [2.45, 2.75) is 88.8 Å². The van der Waals surface area contributed by atoms with Crippen LogP contribution in [0.5, 0.6) is 0 Å². The molecule has 2 unspecified atom stereocenters. The van der Waals surface area contributed by atoms with Crippen LogP contribution in [0.1, 0.15) is 82.3 Å². The van der Waals surface area contributed by atoms with Crippen LogP contribution in [-0.2, 0) is 40.7 Å². The first kappa shape index (κ1) is 23.0. The number of cyclic esters (lactones) is 2. The van der Waals surface area contributed by atoms with Crippen LogP contribution in [-0.4, -0.2) is 29.1 Å². The molecule has 1 aromatic rings. The Balaban J connectivity index is 1.55. The molecule has 7 heteroatoms. The lowest BCUT2D eigenvalue weighted by Crippen LogP contribution is -2.48. The van der Waals surface area contributed by atoms with Gasteiger partial charge in [0.25, 0.3) is 0 Å². The fraction of sp³-hybridized carbons (Fsp3) is 0.600. The minimum atomic E-state index is -1.03. The van der Waals surface area contributed by atoms with Gasteiger partial charge in [0, 0.05) is 17.0 Å². The third-order valence-corrected chi connectivity index (χ3v) is 7.63. The summed E-state index contributed by atoms with van der Waals surface area (Å²) in [6.07, 6.45) is 5.83. The number of aryl methyl sites for hydroxylation is 1. The van der Waals surface area contributed by atoms with Gasteiger partial charge < -0.3 is 9.47 Å². The van der Waals surface area contributed by atoms with Crippen molar-refractivity contribution in [1.82, 2.24) is 0 Å². The van der Waals surface area contributed by atoms with Crippen LogP contribution in [0, 0.1) is 5.92 Å². The predicted molar refractivity (Wildman–Crippen MR) is 117 cm³/mol. The molecule has 1 aromatic carbocycles. The topological polar surface area (TPSA) is 86.7 Å². The average molecular weight is 461 g/mol. The molecule has 0 radical (unpaired) electrons. The largest absolute Gasteiger partial charge is 0.458 e. The Hall–Kier alpha value is -2.21. The number of esters is 2. The summed E-state index contributed by atoms with van der Waals surface area (Å²) in [5.74, 6) is -0.928. The van der Waals surface area contributed by atoms with Crippen molar-refractivity contribution >= 4 is 35.1 Å². The predicted octanol–water partition coefficient (Wildman–Crippen LogP) is 4.62. The summed E-state index contributed by atoms with van der Waals surface area (Å²) in [4.78, 5) is 48.4. The maximum absolute atomic E-state index is 12.3. The number of benzene rings is 1. The Labute approximate surface area is 193 Å². The van der Waals surface area contributed by atoms with Gasteiger partial charge >= 0.3 is 11.9 Å². The van der Waals surface area contributed by atoms with Crippen LogP contribution in [0.4, 0.5) is 0 Å². The fourth-order valence-electron chi connectivity index (χ4n) is 5.69. The maximum Gasteiger partial charge on any atom is 0.314 e. The highest BCUT2D eigenvalue weighted by molar-refractivity contribution is 6.31. The summed E-state index contributed by atoms with van der Waals surface area (Å²) in [5, 5.41) is 0.443. The summed E-state index contributed by atoms with van der Waals surface area (Å²) in [7, 11) is 0. The van der Waals surface area contributed by atoms with E-state index in [4.69, 9.17) is 21.1 Å². The van der Waals surface area contributed by atoms with E-state index in [2.05, 4.69) is 0 Å². The summed E-state index contributed by atoms with van der Waals surface area (Å²) in [6.45, 7) is 1.87. The van der Waals surface area contributed by atoms with Crippen LogP contribution in [0.3, 0.4) is 0 Å². The van der Waals surface area contributed by atoms with Gasteiger partial charge in [0.2, 0.25) is 0 Å². The van der Waals surface area contributed by atoms with Gasteiger partial charge in [0.1, 0.15) is 35.6 Å². The summed E-state index contributed by atoms with van der Waals surface area (Å²) in [5.41, 5.74) is -0.177. The van der Waals surface area contributed by atoms with E-state index in [-0.39, 0.29) is 43.2 Å². The van der Waals surface area contributed by atoms with Crippen LogP contribution in [0.2, 0.25) is 5.02 Å². The Morgan fingerprint density at radius 2 is 1.62 bits per heavy atom. The standard InChI is InChI=1S/C25H29ClO6/c1-2-24(14-18(27)12-22(29)31-24)20-8-7-16(11-21(20)26)9-10-25(17-5-3-4-6-17)15-19(28)13-23(30)32-25/h7-8,11,17H,2-6,9-10,12-15H2,1H3. The van der Waals surface area contributed by atoms with Crippen LogP contribution < -0.4 is 0 Å². The lowest BCUT2D eigenvalue weighted by molar-refractivity contribution is -0.179. The number of Topliss-reactive ketones (excluding diaryl/α,β-unsaturated/α-hetero) is 2. The van der Waals surface area contributed by atoms with E-state index in [0.29, 0.717) is 29.8 Å². The molecular weight excluding hydrogens is 432 g/mol. The molecule has 0 amide bonds. The molecule has 1 aliphatic carbocycles.